The Bertz CT molecular complexity index is 789. The molecule has 26 heavy (non-hydrogen) atoms. The van der Waals surface area contributed by atoms with Gasteiger partial charge < -0.3 is 14.8 Å². The maximum absolute atomic E-state index is 12.7. The predicted octanol–water partition coefficient (Wildman–Crippen LogP) is 0.578. The zero-order chi connectivity index (χ0) is 19.5. The zero-order valence-corrected chi connectivity index (χ0v) is 15.4. The quantitative estimate of drug-likeness (QED) is 0.563. The molecular weight excluding hydrogens is 364 g/mol. The number of carbonyl (C=O) groups is 3. The molecule has 1 heterocycles. The molecule has 0 aromatic heterocycles. The van der Waals surface area contributed by atoms with Crippen molar-refractivity contribution >= 4 is 28.0 Å². The van der Waals surface area contributed by atoms with E-state index in [9.17, 15) is 22.8 Å². The number of sulfonamides is 1. The number of benzene rings is 1. The minimum absolute atomic E-state index is 0.0732. The van der Waals surface area contributed by atoms with E-state index in [4.69, 9.17) is 9.47 Å². The third-order valence-electron chi connectivity index (χ3n) is 3.82. The van der Waals surface area contributed by atoms with Crippen molar-refractivity contribution in [2.45, 2.75) is 25.4 Å². The number of ether oxygens (including phenoxy) is 2. The first-order valence-electron chi connectivity index (χ1n) is 7.91. The van der Waals surface area contributed by atoms with Gasteiger partial charge in [0.25, 0.3) is 5.54 Å². The van der Waals surface area contributed by atoms with Gasteiger partial charge >= 0.3 is 18.0 Å². The number of urea groups is 1. The molecule has 0 spiro atoms. The van der Waals surface area contributed by atoms with Gasteiger partial charge in [-0.2, -0.15) is 0 Å². The van der Waals surface area contributed by atoms with Gasteiger partial charge in [0, 0.05) is 0 Å². The van der Waals surface area contributed by atoms with Crippen LogP contribution in [-0.4, -0.2) is 55.7 Å². The fourth-order valence-corrected chi connectivity index (χ4v) is 3.86. The molecule has 1 N–H and O–H groups in total. The van der Waals surface area contributed by atoms with E-state index in [0.717, 1.165) is 6.26 Å². The van der Waals surface area contributed by atoms with Crippen molar-refractivity contribution in [1.82, 2.24) is 9.62 Å². The second-order valence-electron chi connectivity index (χ2n) is 5.55. The summed E-state index contributed by atoms with van der Waals surface area (Å²) in [5.41, 5.74) is -2.08. The first kappa shape index (κ1) is 19.7. The molecule has 1 aliphatic heterocycles. The zero-order valence-electron chi connectivity index (χ0n) is 14.6. The Morgan fingerprint density at radius 3 is 2.04 bits per heavy atom. The molecule has 0 saturated carbocycles. The minimum Gasteiger partial charge on any atom is -0.464 e. The van der Waals surface area contributed by atoms with E-state index in [-0.39, 0.29) is 18.8 Å². The van der Waals surface area contributed by atoms with Crippen molar-refractivity contribution in [2.24, 2.45) is 0 Å². The molecule has 0 bridgehead atoms. The summed E-state index contributed by atoms with van der Waals surface area (Å²) >= 11 is 0. The summed E-state index contributed by atoms with van der Waals surface area (Å²) in [5.74, 6) is -2.18. The van der Waals surface area contributed by atoms with Crippen molar-refractivity contribution in [3.05, 3.63) is 35.9 Å². The molecule has 1 atom stereocenters. The largest absolute Gasteiger partial charge is 0.464 e. The molecule has 10 heteroatoms. The molecule has 0 radical (unpaired) electrons. The molecule has 1 aromatic rings. The highest BCUT2D eigenvalue weighted by Gasteiger charge is 2.66. The van der Waals surface area contributed by atoms with E-state index in [0.29, 0.717) is 4.31 Å². The Labute approximate surface area is 151 Å². The lowest BCUT2D eigenvalue weighted by Crippen LogP contribution is -2.60. The fourth-order valence-electron chi connectivity index (χ4n) is 2.85. The standard InChI is InChI=1S/C16H20N2O7S/c1-4-24-13(19)16(14(20)25-5-2)12(11-9-7-6-8-10-11)18(15(21)17-16)26(3,22)23/h6-10,12H,4-5H2,1-3H3,(H,17,21)/t12-/m1/s1. The number of nitrogens with one attached hydrogen (secondary N) is 1. The summed E-state index contributed by atoms with van der Waals surface area (Å²) in [5, 5.41) is 2.20. The topological polar surface area (TPSA) is 119 Å². The minimum atomic E-state index is -4.11. The van der Waals surface area contributed by atoms with E-state index in [2.05, 4.69) is 5.32 Å². The second-order valence-corrected chi connectivity index (χ2v) is 7.41. The number of nitrogens with zero attached hydrogens (tertiary/aromatic N) is 1. The lowest BCUT2D eigenvalue weighted by molar-refractivity contribution is -0.166. The van der Waals surface area contributed by atoms with Crippen LogP contribution in [0.25, 0.3) is 0 Å². The highest BCUT2D eigenvalue weighted by atomic mass is 32.2. The van der Waals surface area contributed by atoms with Gasteiger partial charge in [-0.05, 0) is 19.4 Å². The molecule has 1 fully saturated rings. The Hall–Kier alpha value is -2.62. The van der Waals surface area contributed by atoms with Crippen LogP contribution in [-0.2, 0) is 29.1 Å². The fraction of sp³-hybridized carbons (Fsp3) is 0.438. The number of hydrogen-bond acceptors (Lipinski definition) is 7. The number of hydrogen-bond donors (Lipinski definition) is 1. The normalized spacial score (nSPS) is 19.0. The predicted molar refractivity (Wildman–Crippen MR) is 90.4 cm³/mol. The third-order valence-corrected chi connectivity index (χ3v) is 4.91. The van der Waals surface area contributed by atoms with E-state index >= 15 is 0 Å². The van der Waals surface area contributed by atoms with E-state index in [1.54, 1.807) is 18.2 Å². The van der Waals surface area contributed by atoms with Gasteiger partial charge in [0.1, 0.15) is 6.04 Å². The van der Waals surface area contributed by atoms with E-state index < -0.39 is 39.6 Å². The molecule has 1 aromatic carbocycles. The van der Waals surface area contributed by atoms with Crippen LogP contribution in [0.15, 0.2) is 30.3 Å². The van der Waals surface area contributed by atoms with Crippen LogP contribution in [0.4, 0.5) is 4.79 Å². The van der Waals surface area contributed by atoms with Crippen molar-refractivity contribution in [3.63, 3.8) is 0 Å². The molecule has 9 nitrogen and oxygen atoms in total. The van der Waals surface area contributed by atoms with Crippen molar-refractivity contribution in [3.8, 4) is 0 Å². The number of amides is 2. The average molecular weight is 384 g/mol. The molecule has 0 unspecified atom stereocenters. The van der Waals surface area contributed by atoms with Crippen molar-refractivity contribution in [2.75, 3.05) is 19.5 Å². The van der Waals surface area contributed by atoms with Crippen LogP contribution in [0.2, 0.25) is 0 Å². The highest BCUT2D eigenvalue weighted by molar-refractivity contribution is 7.88. The van der Waals surface area contributed by atoms with Crippen LogP contribution in [0.5, 0.6) is 0 Å². The highest BCUT2D eigenvalue weighted by Crippen LogP contribution is 2.40. The van der Waals surface area contributed by atoms with Crippen molar-refractivity contribution < 1.29 is 32.3 Å². The van der Waals surface area contributed by atoms with Crippen LogP contribution in [0, 0.1) is 0 Å². The van der Waals surface area contributed by atoms with Crippen molar-refractivity contribution in [1.29, 1.82) is 0 Å². The van der Waals surface area contributed by atoms with Gasteiger partial charge in [-0.25, -0.2) is 27.1 Å². The number of carbonyl (C=O) groups excluding carboxylic acids is 3. The maximum Gasteiger partial charge on any atom is 0.346 e. The monoisotopic (exact) mass is 384 g/mol. The average Bonchev–Trinajstić information content (AvgIpc) is 2.90. The van der Waals surface area contributed by atoms with Gasteiger partial charge in [0.2, 0.25) is 10.0 Å². The summed E-state index contributed by atoms with van der Waals surface area (Å²) in [6.07, 6.45) is 0.814. The molecule has 1 aliphatic rings. The Morgan fingerprint density at radius 2 is 1.62 bits per heavy atom. The van der Waals surface area contributed by atoms with Gasteiger partial charge in [-0.1, -0.05) is 30.3 Å². The lowest BCUT2D eigenvalue weighted by atomic mass is 9.86. The summed E-state index contributed by atoms with van der Waals surface area (Å²) in [6, 6.07) is 5.30. The van der Waals surface area contributed by atoms with Gasteiger partial charge in [0.15, 0.2) is 0 Å². The molecular formula is C16H20N2O7S. The van der Waals surface area contributed by atoms with Crippen LogP contribution >= 0.6 is 0 Å². The van der Waals surface area contributed by atoms with E-state index in [1.807, 2.05) is 0 Å². The number of rotatable bonds is 6. The molecule has 142 valence electrons. The molecule has 0 aliphatic carbocycles. The van der Waals surface area contributed by atoms with Crippen LogP contribution < -0.4 is 5.32 Å². The summed E-state index contributed by atoms with van der Waals surface area (Å²) in [7, 11) is -4.11. The Balaban J connectivity index is 2.76. The SMILES string of the molecule is CCOC(=O)C1(C(=O)OCC)NC(=O)N(S(C)(=O)=O)[C@@H]1c1ccccc1. The molecule has 1 saturated heterocycles. The summed E-state index contributed by atoms with van der Waals surface area (Å²) < 4.78 is 34.9. The second kappa shape index (κ2) is 7.32. The van der Waals surface area contributed by atoms with Crippen LogP contribution in [0.1, 0.15) is 25.5 Å². The Morgan fingerprint density at radius 1 is 1.12 bits per heavy atom. The number of esters is 2. The summed E-state index contributed by atoms with van der Waals surface area (Å²) in [6.45, 7) is 2.91. The van der Waals surface area contributed by atoms with E-state index in [1.165, 1.54) is 26.0 Å². The molecule has 2 amide bonds. The maximum atomic E-state index is 12.7. The van der Waals surface area contributed by atoms with Crippen LogP contribution in [0.3, 0.4) is 0 Å². The Kier molecular flexibility index (Phi) is 5.55. The van der Waals surface area contributed by atoms with Gasteiger partial charge in [-0.15, -0.1) is 0 Å². The summed E-state index contributed by atoms with van der Waals surface area (Å²) in [4.78, 5) is 37.9. The third kappa shape index (κ3) is 3.24. The first-order chi connectivity index (χ1) is 12.2. The molecule has 2 rings (SSSR count). The smallest absolute Gasteiger partial charge is 0.346 e. The van der Waals surface area contributed by atoms with Gasteiger partial charge in [0.05, 0.1) is 19.5 Å². The van der Waals surface area contributed by atoms with Gasteiger partial charge in [-0.3, -0.25) is 0 Å². The lowest BCUT2D eigenvalue weighted by Gasteiger charge is -2.31. The first-order valence-corrected chi connectivity index (χ1v) is 9.75.